The average Bonchev–Trinajstić information content (AvgIpc) is 1.63. The van der Waals surface area contributed by atoms with E-state index >= 15 is 0 Å². The lowest BCUT2D eigenvalue weighted by Crippen LogP contribution is -2.37. The third kappa shape index (κ3) is 20.0. The number of ether oxygens (including phenoxy) is 5. The van der Waals surface area contributed by atoms with Crippen LogP contribution < -0.4 is 0 Å². The van der Waals surface area contributed by atoms with Gasteiger partial charge in [0.25, 0.3) is 47.3 Å². The van der Waals surface area contributed by atoms with Gasteiger partial charge in [0.1, 0.15) is 6.10 Å². The number of fused-ring (bicyclic) bond motifs is 12. The van der Waals surface area contributed by atoms with Gasteiger partial charge in [-0.3, -0.25) is 58.0 Å². The van der Waals surface area contributed by atoms with Crippen LogP contribution in [-0.2, 0) is 62.0 Å². The zero-order valence-electron chi connectivity index (χ0n) is 66.7. The highest BCUT2D eigenvalue weighted by molar-refractivity contribution is 6.20. The number of carbonyl (C=O) groups excluding carboxylic acids is 8. The zero-order chi connectivity index (χ0) is 76.3. The van der Waals surface area contributed by atoms with Crippen molar-refractivity contribution in [2.75, 3.05) is 79.0 Å². The monoisotopic (exact) mass is 1480 g/mol. The summed E-state index contributed by atoms with van der Waals surface area (Å²) in [5.41, 5.74) is 4.95. The normalized spacial score (nSPS) is 33.8. The number of carbonyl (C=O) groups is 8. The van der Waals surface area contributed by atoms with Crippen molar-refractivity contribution < 1.29 is 62.0 Å². The van der Waals surface area contributed by atoms with Crippen LogP contribution in [0.5, 0.6) is 0 Å². The highest BCUT2D eigenvalue weighted by Gasteiger charge is 2.44. The molecule has 12 bridgehead atoms. The Bertz CT molecular complexity index is 3520. The predicted octanol–water partition coefficient (Wildman–Crippen LogP) is 15.5. The summed E-state index contributed by atoms with van der Waals surface area (Å²) < 4.78 is 27.4. The average molecular weight is 1490 g/mol. The Morgan fingerprint density at radius 3 is 0.991 bits per heavy atom. The van der Waals surface area contributed by atoms with E-state index in [0.717, 1.165) is 161 Å². The lowest BCUT2D eigenvalue weighted by Gasteiger charge is -2.24. The third-order valence-electron chi connectivity index (χ3n) is 27.7. The minimum absolute atomic E-state index is 0.0840. The fraction of sp³-hybridized carbons (Fsp3) is 0.692. The summed E-state index contributed by atoms with van der Waals surface area (Å²) in [6, 6.07) is 0. The van der Waals surface area contributed by atoms with E-state index < -0.39 is 0 Å². The Morgan fingerprint density at radius 2 is 0.630 bits per heavy atom. The van der Waals surface area contributed by atoms with Crippen LogP contribution in [0.15, 0.2) is 117 Å². The van der Waals surface area contributed by atoms with Crippen molar-refractivity contribution in [1.82, 2.24) is 19.6 Å². The van der Waals surface area contributed by atoms with E-state index in [1.165, 1.54) is 116 Å². The molecule has 12 aliphatic carbocycles. The summed E-state index contributed by atoms with van der Waals surface area (Å²) in [6.45, 7) is 24.8. The Hall–Kier alpha value is -6.24. The molecular weight excluding hydrogens is 1360 g/mol. The van der Waals surface area contributed by atoms with Crippen molar-refractivity contribution in [1.29, 1.82) is 0 Å². The number of allylic oxidation sites excluding steroid dienone is 11. The van der Waals surface area contributed by atoms with Gasteiger partial charge < -0.3 is 23.7 Å². The van der Waals surface area contributed by atoms with Gasteiger partial charge in [0, 0.05) is 83.3 Å². The van der Waals surface area contributed by atoms with Gasteiger partial charge in [-0.05, 0) is 272 Å². The molecule has 0 radical (unpaired) electrons. The quantitative estimate of drug-likeness (QED) is 0.0275. The first kappa shape index (κ1) is 81.3. The van der Waals surface area contributed by atoms with Crippen LogP contribution in [0.1, 0.15) is 210 Å². The van der Waals surface area contributed by atoms with Gasteiger partial charge in [-0.1, -0.05) is 106 Å². The van der Waals surface area contributed by atoms with Crippen molar-refractivity contribution in [3.05, 3.63) is 117 Å². The molecule has 0 aromatic rings. The Morgan fingerprint density at radius 1 is 0.315 bits per heavy atom. The number of hydrogen-bond acceptors (Lipinski definition) is 13. The minimum atomic E-state index is -0.0876. The third-order valence-corrected chi connectivity index (χ3v) is 27.7. The highest BCUT2D eigenvalue weighted by Crippen LogP contribution is 2.49. The lowest BCUT2D eigenvalue weighted by molar-refractivity contribution is -0.139. The number of hydrogen-bond donors (Lipinski definition) is 0. The molecule has 0 N–H and O–H groups in total. The van der Waals surface area contributed by atoms with Crippen molar-refractivity contribution in [2.45, 2.75) is 222 Å². The first-order valence-electron chi connectivity index (χ1n) is 42.3. The zero-order valence-corrected chi connectivity index (χ0v) is 66.7. The second-order valence-electron chi connectivity index (χ2n) is 35.0. The molecule has 17 nitrogen and oxygen atoms in total. The molecule has 17 heteroatoms. The van der Waals surface area contributed by atoms with Gasteiger partial charge in [0.05, 0.1) is 52.4 Å². The number of rotatable bonds is 31. The number of amides is 8. The molecule has 0 spiro atoms. The molecule has 1 saturated heterocycles. The Labute approximate surface area is 645 Å². The van der Waals surface area contributed by atoms with Gasteiger partial charge in [-0.2, -0.15) is 0 Å². The SMILES string of the molecule is C1=CC2CC1CC2COCC1CO1.CC1=C(C)C(=O)N(CC2CC3C=CC2C3)C1=O.CC1=C(C)C(=O)N(CCCC2CC3C=CC2C3)C1=O.CC1=C(C)C(=O)N(CCCCC2CC3C=CC2C3)C1=O.CC1=C(C)C(=O)N(CCCCCCC2CC3C=CC2C3)C1=O.CCCOCCOCCOC1CC2C=CC1C2. The minimum Gasteiger partial charge on any atom is -0.379 e. The first-order chi connectivity index (χ1) is 52.1. The maximum absolute atomic E-state index is 11.9. The summed E-state index contributed by atoms with van der Waals surface area (Å²) in [4.78, 5) is 101. The topological polar surface area (TPSA) is 199 Å². The maximum atomic E-state index is 11.9. The van der Waals surface area contributed by atoms with E-state index in [9.17, 15) is 38.4 Å². The molecule has 17 rings (SSSR count). The van der Waals surface area contributed by atoms with Gasteiger partial charge in [-0.25, -0.2) is 0 Å². The molecular formula is C91H128N4O13. The van der Waals surface area contributed by atoms with Crippen molar-refractivity contribution in [3.8, 4) is 0 Å². The van der Waals surface area contributed by atoms with E-state index in [1.54, 1.807) is 55.4 Å². The fourth-order valence-corrected chi connectivity index (χ4v) is 20.5. The van der Waals surface area contributed by atoms with Crippen molar-refractivity contribution in [3.63, 3.8) is 0 Å². The Kier molecular flexibility index (Phi) is 28.5. The number of epoxide rings is 1. The largest absolute Gasteiger partial charge is 0.379 e. The van der Waals surface area contributed by atoms with Gasteiger partial charge in [0.15, 0.2) is 0 Å². The molecule has 17 aliphatic rings. The molecule has 19 atom stereocenters. The standard InChI is InChI=1S/C19H27NO2.C17H23NO2.C16H21NO2.C14H17NO2.C14H24O3.C11H16O2/c1-13-14(2)19(22)20(18(13)21)10-6-4-3-5-7-16-11-15-8-9-17(16)12-15;1-11-12(2)17(20)18(16(11)19)8-4-3-5-14-9-13-6-7-15(14)10-13;1-10-11(2)16(19)17(15(10)18)7-3-4-13-8-12-5-6-14(13)9-12;1-8-9(2)14(17)15(13(8)16)7-12-6-10-3-4-11(12)5-10;1-2-5-15-6-7-16-8-9-17-14-11-12-3-4-13(14)10-12;1-2-9-3-8(1)4-10(9)5-12-6-11-7-13-11/h8-9,15-17H,3-7,10-12H2,1-2H3;6-7,13-15H,3-5,8-10H2,1-2H3;5-6,12-14H,3-4,7-9H2,1-2H3;3-4,10-12H,5-7H2,1-2H3;3-4,12-14H,2,5-11H2,1H3;1-2,8-11H,3-7H2. The molecule has 108 heavy (non-hydrogen) atoms. The molecule has 0 aromatic heterocycles. The van der Waals surface area contributed by atoms with Gasteiger partial charge in [0.2, 0.25) is 0 Å². The van der Waals surface area contributed by atoms with E-state index in [1.807, 2.05) is 0 Å². The summed E-state index contributed by atoms with van der Waals surface area (Å²) in [5, 5.41) is 0. The molecule has 590 valence electrons. The van der Waals surface area contributed by atoms with Crippen LogP contribution in [0.4, 0.5) is 0 Å². The fourth-order valence-electron chi connectivity index (χ4n) is 20.5. The summed E-state index contributed by atoms with van der Waals surface area (Å²) in [5.74, 6) is 12.5. The highest BCUT2D eigenvalue weighted by atomic mass is 16.6. The van der Waals surface area contributed by atoms with Crippen molar-refractivity contribution in [2.24, 2.45) is 101 Å². The molecule has 5 heterocycles. The molecule has 6 saturated carbocycles. The molecule has 0 aromatic carbocycles. The number of nitrogens with zero attached hydrogens (tertiary/aromatic N) is 4. The summed E-state index contributed by atoms with van der Waals surface area (Å²) >= 11 is 0. The van der Waals surface area contributed by atoms with Crippen LogP contribution in [0.25, 0.3) is 0 Å². The van der Waals surface area contributed by atoms with Crippen LogP contribution in [-0.4, -0.2) is 158 Å². The Balaban J connectivity index is 0.000000122. The number of imide groups is 4. The predicted molar refractivity (Wildman–Crippen MR) is 418 cm³/mol. The van der Waals surface area contributed by atoms with Gasteiger partial charge in [-0.15, -0.1) is 0 Å². The van der Waals surface area contributed by atoms with Crippen LogP contribution in [0, 0.1) is 101 Å². The molecule has 7 fully saturated rings. The molecule has 19 unspecified atom stereocenters. The van der Waals surface area contributed by atoms with Crippen LogP contribution in [0.3, 0.4) is 0 Å². The number of unbranched alkanes of at least 4 members (excludes halogenated alkanes) is 4. The van der Waals surface area contributed by atoms with E-state index in [0.29, 0.717) is 126 Å². The second kappa shape index (κ2) is 37.9. The van der Waals surface area contributed by atoms with E-state index in [4.69, 9.17) is 23.7 Å². The van der Waals surface area contributed by atoms with Gasteiger partial charge >= 0.3 is 0 Å². The lowest BCUT2D eigenvalue weighted by atomic mass is 9.88. The van der Waals surface area contributed by atoms with E-state index in [2.05, 4.69) is 79.8 Å². The molecule has 8 amide bonds. The van der Waals surface area contributed by atoms with E-state index in [-0.39, 0.29) is 47.3 Å². The van der Waals surface area contributed by atoms with Crippen LogP contribution >= 0.6 is 0 Å². The maximum Gasteiger partial charge on any atom is 0.256 e. The summed E-state index contributed by atoms with van der Waals surface area (Å²) in [6.07, 6.45) is 57.3. The second-order valence-corrected chi connectivity index (χ2v) is 35.0. The molecule has 5 aliphatic heterocycles. The first-order valence-corrected chi connectivity index (χ1v) is 42.3. The van der Waals surface area contributed by atoms with Crippen molar-refractivity contribution >= 4 is 47.3 Å². The smallest absolute Gasteiger partial charge is 0.256 e. The summed E-state index contributed by atoms with van der Waals surface area (Å²) in [7, 11) is 0. The van der Waals surface area contributed by atoms with Crippen LogP contribution in [0.2, 0.25) is 0 Å².